The van der Waals surface area contributed by atoms with Crippen LogP contribution in [-0.4, -0.2) is 19.1 Å². The van der Waals surface area contributed by atoms with Crippen LogP contribution in [0.15, 0.2) is 24.3 Å². The number of nitrogens with one attached hydrogen (secondary N) is 1. The highest BCUT2D eigenvalue weighted by Crippen LogP contribution is 2.42. The van der Waals surface area contributed by atoms with Crippen LogP contribution in [0.3, 0.4) is 0 Å². The van der Waals surface area contributed by atoms with Crippen LogP contribution in [0.4, 0.5) is 10.1 Å². The lowest BCUT2D eigenvalue weighted by molar-refractivity contribution is -0.129. The summed E-state index contributed by atoms with van der Waals surface area (Å²) >= 11 is 0. The van der Waals surface area contributed by atoms with Gasteiger partial charge in [-0.3, -0.25) is 4.79 Å². The zero-order valence-electron chi connectivity index (χ0n) is 10.7. The first-order chi connectivity index (χ1) is 8.61. The summed E-state index contributed by atoms with van der Waals surface area (Å²) in [5, 5.41) is 2.59. The molecule has 0 aromatic heterocycles. The molecule has 1 aliphatic rings. The number of amides is 1. The van der Waals surface area contributed by atoms with Gasteiger partial charge in [-0.25, -0.2) is 4.39 Å². The Morgan fingerprint density at radius 2 is 2.17 bits per heavy atom. The normalized spacial score (nSPS) is 23.6. The van der Waals surface area contributed by atoms with Gasteiger partial charge in [0.15, 0.2) is 0 Å². The molecule has 0 radical (unpaired) electrons. The monoisotopic (exact) mass is 251 g/mol. The van der Waals surface area contributed by atoms with Crippen LogP contribution in [0, 0.1) is 0 Å². The van der Waals surface area contributed by atoms with Crippen molar-refractivity contribution in [3.8, 4) is 0 Å². The molecule has 0 saturated carbocycles. The second-order valence-electron chi connectivity index (χ2n) is 4.65. The van der Waals surface area contributed by atoms with Gasteiger partial charge in [0.05, 0.1) is 6.10 Å². The Balaban J connectivity index is 2.27. The van der Waals surface area contributed by atoms with Crippen molar-refractivity contribution in [2.45, 2.75) is 38.0 Å². The van der Waals surface area contributed by atoms with Crippen LogP contribution in [0.2, 0.25) is 0 Å². The van der Waals surface area contributed by atoms with Gasteiger partial charge in [-0.1, -0.05) is 31.5 Å². The molecule has 98 valence electrons. The van der Waals surface area contributed by atoms with Gasteiger partial charge in [-0.05, 0) is 12.5 Å². The standard InChI is InChI=1S/C14H18FNO2/c1-3-6-10(18-2)9-14(15)11-7-4-5-8-12(11)16-13(14)17/h4-5,7-8,10H,3,6,9H2,1-2H3,(H,16,17). The number of alkyl halides is 1. The van der Waals surface area contributed by atoms with Gasteiger partial charge in [-0.2, -0.15) is 0 Å². The largest absolute Gasteiger partial charge is 0.381 e. The summed E-state index contributed by atoms with van der Waals surface area (Å²) in [6.07, 6.45) is 1.48. The van der Waals surface area contributed by atoms with Crippen molar-refractivity contribution in [2.75, 3.05) is 12.4 Å². The number of carbonyl (C=O) groups excluding carboxylic acids is 1. The first-order valence-corrected chi connectivity index (χ1v) is 6.24. The maximum Gasteiger partial charge on any atom is 0.266 e. The van der Waals surface area contributed by atoms with Gasteiger partial charge < -0.3 is 10.1 Å². The van der Waals surface area contributed by atoms with Crippen LogP contribution in [0.25, 0.3) is 0 Å². The minimum Gasteiger partial charge on any atom is -0.381 e. The highest BCUT2D eigenvalue weighted by atomic mass is 19.1. The predicted octanol–water partition coefficient (Wildman–Crippen LogP) is 3.01. The van der Waals surface area contributed by atoms with Crippen molar-refractivity contribution in [3.63, 3.8) is 0 Å². The summed E-state index contributed by atoms with van der Waals surface area (Å²) in [4.78, 5) is 11.9. The van der Waals surface area contributed by atoms with Crippen LogP contribution in [0.5, 0.6) is 0 Å². The zero-order chi connectivity index (χ0) is 13.2. The van der Waals surface area contributed by atoms with E-state index >= 15 is 0 Å². The van der Waals surface area contributed by atoms with E-state index in [0.717, 1.165) is 12.8 Å². The van der Waals surface area contributed by atoms with Gasteiger partial charge in [-0.15, -0.1) is 0 Å². The molecule has 1 aromatic rings. The van der Waals surface area contributed by atoms with E-state index in [-0.39, 0.29) is 12.5 Å². The van der Waals surface area contributed by atoms with Crippen molar-refractivity contribution in [1.29, 1.82) is 0 Å². The molecule has 0 saturated heterocycles. The second kappa shape index (κ2) is 5.06. The van der Waals surface area contributed by atoms with E-state index in [1.54, 1.807) is 31.4 Å². The molecule has 3 nitrogen and oxygen atoms in total. The van der Waals surface area contributed by atoms with Crippen molar-refractivity contribution in [3.05, 3.63) is 29.8 Å². The fourth-order valence-corrected chi connectivity index (χ4v) is 2.42. The van der Waals surface area contributed by atoms with Crippen LogP contribution >= 0.6 is 0 Å². The number of hydrogen-bond donors (Lipinski definition) is 1. The highest BCUT2D eigenvalue weighted by molar-refractivity contribution is 6.04. The Bertz CT molecular complexity index is 449. The fourth-order valence-electron chi connectivity index (χ4n) is 2.42. The molecule has 2 unspecified atom stereocenters. The lowest BCUT2D eigenvalue weighted by Crippen LogP contribution is -2.34. The number of fused-ring (bicyclic) bond motifs is 1. The third-order valence-electron chi connectivity index (χ3n) is 3.42. The Morgan fingerprint density at radius 3 is 2.83 bits per heavy atom. The molecule has 1 aromatic carbocycles. The average Bonchev–Trinajstić information content (AvgIpc) is 2.62. The van der Waals surface area contributed by atoms with Crippen LogP contribution in [-0.2, 0) is 15.2 Å². The number of benzene rings is 1. The number of carbonyl (C=O) groups is 1. The molecule has 0 bridgehead atoms. The molecule has 1 N–H and O–H groups in total. The molecule has 4 heteroatoms. The Labute approximate surface area is 106 Å². The highest BCUT2D eigenvalue weighted by Gasteiger charge is 2.48. The minimum absolute atomic E-state index is 0.0696. The lowest BCUT2D eigenvalue weighted by atomic mass is 9.90. The van der Waals surface area contributed by atoms with E-state index in [9.17, 15) is 9.18 Å². The molecule has 0 aliphatic carbocycles. The molecule has 1 heterocycles. The van der Waals surface area contributed by atoms with Crippen LogP contribution in [0.1, 0.15) is 31.7 Å². The summed E-state index contributed by atoms with van der Waals surface area (Å²) < 4.78 is 20.2. The van der Waals surface area contributed by atoms with Gasteiger partial charge in [0.25, 0.3) is 5.91 Å². The quantitative estimate of drug-likeness (QED) is 0.873. The third kappa shape index (κ3) is 2.12. The minimum atomic E-state index is -1.97. The van der Waals surface area contributed by atoms with Gasteiger partial charge in [0.2, 0.25) is 5.67 Å². The van der Waals surface area contributed by atoms with Gasteiger partial charge >= 0.3 is 0 Å². The molecule has 2 rings (SSSR count). The van der Waals surface area contributed by atoms with Crippen LogP contribution < -0.4 is 5.32 Å². The molecule has 18 heavy (non-hydrogen) atoms. The molecule has 2 atom stereocenters. The summed E-state index contributed by atoms with van der Waals surface area (Å²) in [7, 11) is 1.56. The second-order valence-corrected chi connectivity index (χ2v) is 4.65. The Kier molecular flexibility index (Phi) is 3.66. The lowest BCUT2D eigenvalue weighted by Gasteiger charge is -2.23. The number of hydrogen-bond acceptors (Lipinski definition) is 2. The summed E-state index contributed by atoms with van der Waals surface area (Å²) in [6, 6.07) is 6.90. The molecular formula is C14H18FNO2. The summed E-state index contributed by atoms with van der Waals surface area (Å²) in [5.74, 6) is -0.582. The van der Waals surface area contributed by atoms with Gasteiger partial charge in [0.1, 0.15) is 0 Å². The number of ether oxygens (including phenoxy) is 1. The predicted molar refractivity (Wildman–Crippen MR) is 68.2 cm³/mol. The van der Waals surface area contributed by atoms with E-state index < -0.39 is 11.6 Å². The topological polar surface area (TPSA) is 38.3 Å². The van der Waals surface area contributed by atoms with Crippen molar-refractivity contribution < 1.29 is 13.9 Å². The molecule has 0 fully saturated rings. The smallest absolute Gasteiger partial charge is 0.266 e. The number of rotatable bonds is 5. The average molecular weight is 251 g/mol. The maximum atomic E-state index is 15.0. The number of para-hydroxylation sites is 1. The van der Waals surface area contributed by atoms with Gasteiger partial charge in [0, 0.05) is 24.8 Å². The Morgan fingerprint density at radius 1 is 1.44 bits per heavy atom. The summed E-state index contributed by atoms with van der Waals surface area (Å²) in [5.41, 5.74) is -0.976. The Hall–Kier alpha value is -1.42. The third-order valence-corrected chi connectivity index (χ3v) is 3.42. The van der Waals surface area contributed by atoms with Crippen molar-refractivity contribution in [1.82, 2.24) is 0 Å². The van der Waals surface area contributed by atoms with E-state index in [0.29, 0.717) is 11.3 Å². The SMILES string of the molecule is CCCC(CC1(F)C(=O)Nc2ccccc21)OC. The van der Waals surface area contributed by atoms with Crippen molar-refractivity contribution >= 4 is 11.6 Å². The fraction of sp³-hybridized carbons (Fsp3) is 0.500. The molecule has 1 aliphatic heterocycles. The number of methoxy groups -OCH3 is 1. The zero-order valence-corrected chi connectivity index (χ0v) is 10.7. The van der Waals surface area contributed by atoms with E-state index in [2.05, 4.69) is 5.32 Å². The summed E-state index contributed by atoms with van der Waals surface area (Å²) in [6.45, 7) is 2.01. The number of anilines is 1. The first-order valence-electron chi connectivity index (χ1n) is 6.24. The van der Waals surface area contributed by atoms with Crippen molar-refractivity contribution in [2.24, 2.45) is 0 Å². The maximum absolute atomic E-state index is 15.0. The molecule has 0 spiro atoms. The number of halogens is 1. The van der Waals surface area contributed by atoms with E-state index in [4.69, 9.17) is 4.74 Å². The van der Waals surface area contributed by atoms with E-state index in [1.165, 1.54) is 0 Å². The molecular weight excluding hydrogens is 233 g/mol. The molecule has 1 amide bonds. The first kappa shape index (κ1) is 13.0. The van der Waals surface area contributed by atoms with E-state index in [1.807, 2.05) is 6.92 Å².